The highest BCUT2D eigenvalue weighted by atomic mass is 16.2. The topological polar surface area (TPSA) is 116 Å². The summed E-state index contributed by atoms with van der Waals surface area (Å²) in [6.45, 7) is 4.12. The van der Waals surface area contributed by atoms with Gasteiger partial charge in [-0.3, -0.25) is 16.1 Å². The van der Waals surface area contributed by atoms with E-state index in [1.807, 2.05) is 4.90 Å². The molecule has 0 aromatic carbocycles. The lowest BCUT2D eigenvalue weighted by molar-refractivity contribution is 0.200. The van der Waals surface area contributed by atoms with Crippen molar-refractivity contribution in [3.63, 3.8) is 0 Å². The number of guanidine groups is 2. The van der Waals surface area contributed by atoms with Crippen LogP contribution in [0.15, 0.2) is 0 Å². The van der Waals surface area contributed by atoms with Gasteiger partial charge in [-0.05, 0) is 44.4 Å². The highest BCUT2D eigenvalue weighted by molar-refractivity contribution is 5.94. The summed E-state index contributed by atoms with van der Waals surface area (Å²) in [5, 5.41) is 27.7. The van der Waals surface area contributed by atoms with Crippen LogP contribution in [0.25, 0.3) is 0 Å². The van der Waals surface area contributed by atoms with Gasteiger partial charge in [0.15, 0.2) is 11.9 Å². The molecule has 1 aliphatic carbocycles. The lowest BCUT2D eigenvalue weighted by atomic mass is 10.1. The summed E-state index contributed by atoms with van der Waals surface area (Å²) in [4.78, 5) is 14.4. The van der Waals surface area contributed by atoms with Crippen molar-refractivity contribution in [3.05, 3.63) is 0 Å². The Morgan fingerprint density at radius 2 is 1.61 bits per heavy atom. The van der Waals surface area contributed by atoms with E-state index in [4.69, 9.17) is 10.8 Å². The van der Waals surface area contributed by atoms with E-state index in [2.05, 4.69) is 21.3 Å². The SMILES string of the molecule is N=C(NCCCCCCCCN1CCCCCCCCNC(=N)NC1=O)NCC1CC1. The molecule has 2 amide bonds. The second-order valence-corrected chi connectivity index (χ2v) is 9.09. The van der Waals surface area contributed by atoms with Gasteiger partial charge >= 0.3 is 6.03 Å². The minimum atomic E-state index is -0.138. The summed E-state index contributed by atoms with van der Waals surface area (Å²) >= 11 is 0. The number of amides is 2. The zero-order valence-corrected chi connectivity index (χ0v) is 19.4. The predicted octanol–water partition coefficient (Wildman–Crippen LogP) is 3.74. The molecule has 1 heterocycles. The van der Waals surface area contributed by atoms with Crippen molar-refractivity contribution in [2.24, 2.45) is 5.92 Å². The van der Waals surface area contributed by atoms with Crippen LogP contribution in [0.5, 0.6) is 0 Å². The molecule has 8 nitrogen and oxygen atoms in total. The van der Waals surface area contributed by atoms with E-state index in [9.17, 15) is 4.79 Å². The Bertz CT molecular complexity index is 536. The molecule has 2 aliphatic rings. The molecule has 178 valence electrons. The van der Waals surface area contributed by atoms with Gasteiger partial charge in [0.05, 0.1) is 0 Å². The van der Waals surface area contributed by atoms with Crippen molar-refractivity contribution in [1.29, 1.82) is 10.8 Å². The minimum absolute atomic E-state index is 0.124. The van der Waals surface area contributed by atoms with E-state index in [1.165, 1.54) is 57.8 Å². The average molecular weight is 436 g/mol. The van der Waals surface area contributed by atoms with Crippen LogP contribution in [-0.4, -0.2) is 55.6 Å². The van der Waals surface area contributed by atoms with Crippen molar-refractivity contribution >= 4 is 18.0 Å². The maximum Gasteiger partial charge on any atom is 0.324 e. The number of carbonyl (C=O) groups is 1. The Morgan fingerprint density at radius 3 is 2.39 bits per heavy atom. The Hall–Kier alpha value is -1.99. The van der Waals surface area contributed by atoms with Gasteiger partial charge in [0, 0.05) is 32.7 Å². The normalized spacial score (nSPS) is 18.8. The molecule has 0 aromatic heterocycles. The number of hydrogen-bond acceptors (Lipinski definition) is 3. The molecule has 31 heavy (non-hydrogen) atoms. The van der Waals surface area contributed by atoms with E-state index < -0.39 is 0 Å². The quantitative estimate of drug-likeness (QED) is 0.168. The Morgan fingerprint density at radius 1 is 0.935 bits per heavy atom. The third-order valence-corrected chi connectivity index (χ3v) is 6.10. The monoisotopic (exact) mass is 435 g/mol. The van der Waals surface area contributed by atoms with Gasteiger partial charge in [0.25, 0.3) is 0 Å². The summed E-state index contributed by atoms with van der Waals surface area (Å²) in [5.74, 6) is 1.39. The summed E-state index contributed by atoms with van der Waals surface area (Å²) in [6.07, 6.45) is 16.4. The van der Waals surface area contributed by atoms with Crippen LogP contribution < -0.4 is 21.3 Å². The lowest BCUT2D eigenvalue weighted by Gasteiger charge is -2.23. The summed E-state index contributed by atoms with van der Waals surface area (Å²) < 4.78 is 0. The van der Waals surface area contributed by atoms with E-state index in [0.717, 1.165) is 70.7 Å². The van der Waals surface area contributed by atoms with Gasteiger partial charge in [0.1, 0.15) is 0 Å². The smallest absolute Gasteiger partial charge is 0.324 e. The molecule has 2 fully saturated rings. The Labute approximate surface area is 188 Å². The van der Waals surface area contributed by atoms with Crippen LogP contribution in [0, 0.1) is 16.7 Å². The first-order valence-electron chi connectivity index (χ1n) is 12.6. The Balaban J connectivity index is 1.50. The number of nitrogens with zero attached hydrogens (tertiary/aromatic N) is 1. The van der Waals surface area contributed by atoms with Crippen LogP contribution in [0.2, 0.25) is 0 Å². The first kappa shape index (κ1) is 25.3. The predicted molar refractivity (Wildman–Crippen MR) is 128 cm³/mol. The van der Waals surface area contributed by atoms with Crippen molar-refractivity contribution in [3.8, 4) is 0 Å². The van der Waals surface area contributed by atoms with Crippen molar-refractivity contribution < 1.29 is 4.79 Å². The molecule has 0 unspecified atom stereocenters. The second kappa shape index (κ2) is 15.8. The number of hydrogen-bond donors (Lipinski definition) is 6. The maximum absolute atomic E-state index is 12.5. The first-order chi connectivity index (χ1) is 15.1. The van der Waals surface area contributed by atoms with Gasteiger partial charge < -0.3 is 20.9 Å². The number of rotatable bonds is 11. The number of unbranched alkanes of at least 4 members (excludes halogenated alkanes) is 5. The van der Waals surface area contributed by atoms with E-state index in [0.29, 0.717) is 5.96 Å². The summed E-state index contributed by atoms with van der Waals surface area (Å²) in [7, 11) is 0. The molecule has 0 spiro atoms. The highest BCUT2D eigenvalue weighted by Crippen LogP contribution is 2.27. The molecular weight excluding hydrogens is 390 g/mol. The van der Waals surface area contributed by atoms with Crippen LogP contribution in [0.1, 0.15) is 89.9 Å². The van der Waals surface area contributed by atoms with Gasteiger partial charge in [-0.2, -0.15) is 0 Å². The van der Waals surface area contributed by atoms with E-state index in [1.54, 1.807) is 0 Å². The van der Waals surface area contributed by atoms with E-state index in [-0.39, 0.29) is 12.0 Å². The van der Waals surface area contributed by atoms with Crippen LogP contribution in [0.3, 0.4) is 0 Å². The van der Waals surface area contributed by atoms with Crippen molar-refractivity contribution in [2.45, 2.75) is 89.9 Å². The lowest BCUT2D eigenvalue weighted by Crippen LogP contribution is -2.48. The van der Waals surface area contributed by atoms with E-state index >= 15 is 0 Å². The standard InChI is InChI=1S/C23H45N7O/c24-21(28-19-20-13-14-20)26-15-9-5-1-3-7-11-17-30-18-12-8-4-2-6-10-16-27-22(25)29-23(30)31/h20H,1-19H2,(H3,24,26,28)(H3,25,27,29,31). The molecule has 0 aromatic rings. The maximum atomic E-state index is 12.5. The minimum Gasteiger partial charge on any atom is -0.357 e. The third kappa shape index (κ3) is 13.1. The molecule has 1 saturated carbocycles. The fourth-order valence-corrected chi connectivity index (χ4v) is 3.87. The second-order valence-electron chi connectivity index (χ2n) is 9.09. The van der Waals surface area contributed by atoms with Crippen molar-refractivity contribution in [1.82, 2.24) is 26.2 Å². The molecule has 2 rings (SSSR count). The Kier molecular flexibility index (Phi) is 12.8. The first-order valence-corrected chi connectivity index (χ1v) is 12.6. The van der Waals surface area contributed by atoms with Gasteiger partial charge in [-0.15, -0.1) is 0 Å². The number of urea groups is 1. The fraction of sp³-hybridized carbons (Fsp3) is 0.870. The molecular formula is C23H45N7O. The number of carbonyl (C=O) groups excluding carboxylic acids is 1. The fourth-order valence-electron chi connectivity index (χ4n) is 3.87. The summed E-state index contributed by atoms with van der Waals surface area (Å²) in [6, 6.07) is -0.138. The zero-order valence-electron chi connectivity index (χ0n) is 19.4. The molecule has 8 heteroatoms. The van der Waals surface area contributed by atoms with Gasteiger partial charge in [-0.25, -0.2) is 4.79 Å². The van der Waals surface area contributed by atoms with Crippen LogP contribution >= 0.6 is 0 Å². The number of nitrogens with one attached hydrogen (secondary N) is 6. The van der Waals surface area contributed by atoms with Crippen LogP contribution in [0.4, 0.5) is 4.79 Å². The summed E-state index contributed by atoms with van der Waals surface area (Å²) in [5.41, 5.74) is 0. The van der Waals surface area contributed by atoms with Gasteiger partial charge in [0.2, 0.25) is 0 Å². The largest absolute Gasteiger partial charge is 0.357 e. The molecule has 0 radical (unpaired) electrons. The zero-order chi connectivity index (χ0) is 22.2. The highest BCUT2D eigenvalue weighted by Gasteiger charge is 2.20. The van der Waals surface area contributed by atoms with Crippen molar-refractivity contribution in [2.75, 3.05) is 32.7 Å². The van der Waals surface area contributed by atoms with Crippen LogP contribution in [-0.2, 0) is 0 Å². The average Bonchev–Trinajstić information content (AvgIpc) is 3.57. The third-order valence-electron chi connectivity index (χ3n) is 6.10. The molecule has 6 N–H and O–H groups in total. The molecule has 0 bridgehead atoms. The molecule has 1 saturated heterocycles. The molecule has 0 atom stereocenters. The van der Waals surface area contributed by atoms with Gasteiger partial charge in [-0.1, -0.05) is 51.4 Å². The molecule has 1 aliphatic heterocycles.